The van der Waals surface area contributed by atoms with Gasteiger partial charge in [-0.25, -0.2) is 0 Å². The lowest BCUT2D eigenvalue weighted by molar-refractivity contribution is -0.143. The van der Waals surface area contributed by atoms with Gasteiger partial charge in [0.15, 0.2) is 0 Å². The Kier molecular flexibility index (Phi) is 6.53. The third-order valence-corrected chi connectivity index (χ3v) is 4.99. The summed E-state index contributed by atoms with van der Waals surface area (Å²) in [5.74, 6) is 0.0824. The molecular weight excluding hydrogens is 396 g/mol. The normalized spacial score (nSPS) is 20.6. The van der Waals surface area contributed by atoms with Crippen molar-refractivity contribution in [2.45, 2.75) is 37.9 Å². The molecule has 0 bridgehead atoms. The van der Waals surface area contributed by atoms with Crippen LogP contribution in [0.5, 0.6) is 0 Å². The summed E-state index contributed by atoms with van der Waals surface area (Å²) in [6.45, 7) is 1.06. The van der Waals surface area contributed by atoms with Crippen molar-refractivity contribution in [3.63, 3.8) is 0 Å². The van der Waals surface area contributed by atoms with Crippen LogP contribution >= 0.6 is 0 Å². The molecule has 1 fully saturated rings. The second kappa shape index (κ2) is 8.75. The van der Waals surface area contributed by atoms with Gasteiger partial charge in [-0.3, -0.25) is 0 Å². The van der Waals surface area contributed by atoms with Gasteiger partial charge in [-0.15, -0.1) is 0 Å². The smallest absolute Gasteiger partial charge is 0.373 e. The van der Waals surface area contributed by atoms with E-state index < -0.39 is 23.5 Å². The van der Waals surface area contributed by atoms with Crippen LogP contribution in [0.2, 0.25) is 0 Å². The highest BCUT2D eigenvalue weighted by molar-refractivity contribution is 5.33. The zero-order chi connectivity index (χ0) is 21.1. The Labute approximate surface area is 164 Å². The van der Waals surface area contributed by atoms with Gasteiger partial charge in [0.05, 0.1) is 23.8 Å². The van der Waals surface area contributed by atoms with Crippen LogP contribution in [0, 0.1) is 5.92 Å². The fraction of sp³-hybridized carbons (Fsp3) is 0.429. The zero-order valence-electron chi connectivity index (χ0n) is 15.5. The van der Waals surface area contributed by atoms with Crippen molar-refractivity contribution in [3.05, 3.63) is 70.8 Å². The summed E-state index contributed by atoms with van der Waals surface area (Å²) < 4.78 is 83.9. The third kappa shape index (κ3) is 5.96. The molecule has 2 aromatic rings. The lowest BCUT2D eigenvalue weighted by atomic mass is 9.89. The second-order valence-electron chi connectivity index (χ2n) is 7.21. The number of piperidine rings is 1. The first-order valence-electron chi connectivity index (χ1n) is 9.27. The molecule has 2 unspecified atom stereocenters. The van der Waals surface area contributed by atoms with Gasteiger partial charge in [0.2, 0.25) is 0 Å². The van der Waals surface area contributed by atoms with Crippen molar-refractivity contribution < 1.29 is 31.1 Å². The Hall–Kier alpha value is -2.06. The summed E-state index contributed by atoms with van der Waals surface area (Å²) >= 11 is 0. The Morgan fingerprint density at radius 2 is 1.48 bits per heavy atom. The topological polar surface area (TPSA) is 21.3 Å². The molecule has 0 aliphatic carbocycles. The maximum atomic E-state index is 13.0. The van der Waals surface area contributed by atoms with Gasteiger partial charge in [0, 0.05) is 12.5 Å². The average molecular weight is 417 g/mol. The highest BCUT2D eigenvalue weighted by Gasteiger charge is 2.37. The highest BCUT2D eigenvalue weighted by Crippen LogP contribution is 2.36. The van der Waals surface area contributed by atoms with Crippen LogP contribution in [-0.4, -0.2) is 19.2 Å². The van der Waals surface area contributed by atoms with E-state index in [0.717, 1.165) is 24.1 Å². The Balaban J connectivity index is 1.74. The van der Waals surface area contributed by atoms with Gasteiger partial charge in [-0.05, 0) is 48.7 Å². The van der Waals surface area contributed by atoms with E-state index in [2.05, 4.69) is 5.32 Å². The Morgan fingerprint density at radius 3 is 2.07 bits per heavy atom. The fourth-order valence-electron chi connectivity index (χ4n) is 3.54. The summed E-state index contributed by atoms with van der Waals surface area (Å²) in [6.07, 6.45) is -8.61. The van der Waals surface area contributed by atoms with E-state index in [9.17, 15) is 26.3 Å². The van der Waals surface area contributed by atoms with Crippen LogP contribution < -0.4 is 5.32 Å². The maximum absolute atomic E-state index is 13.0. The molecule has 2 aromatic carbocycles. The molecule has 1 saturated heterocycles. The van der Waals surface area contributed by atoms with Crippen LogP contribution in [0.3, 0.4) is 0 Å². The monoisotopic (exact) mass is 417 g/mol. The van der Waals surface area contributed by atoms with Gasteiger partial charge in [-0.1, -0.05) is 30.3 Å². The van der Waals surface area contributed by atoms with E-state index in [1.165, 1.54) is 0 Å². The van der Waals surface area contributed by atoms with E-state index in [1.807, 2.05) is 30.3 Å². The van der Waals surface area contributed by atoms with Crippen molar-refractivity contribution in [3.8, 4) is 0 Å². The molecule has 0 radical (unpaired) electrons. The minimum Gasteiger partial charge on any atom is -0.373 e. The van der Waals surface area contributed by atoms with Gasteiger partial charge in [0.25, 0.3) is 0 Å². The van der Waals surface area contributed by atoms with E-state index in [-0.39, 0.29) is 30.3 Å². The van der Waals surface area contributed by atoms with Crippen molar-refractivity contribution in [1.82, 2.24) is 5.32 Å². The number of hydrogen-bond donors (Lipinski definition) is 1. The van der Waals surface area contributed by atoms with E-state index in [0.29, 0.717) is 19.5 Å². The minimum atomic E-state index is -4.86. The average Bonchev–Trinajstić information content (AvgIpc) is 2.66. The molecule has 0 spiro atoms. The van der Waals surface area contributed by atoms with Crippen molar-refractivity contribution in [2.75, 3.05) is 13.1 Å². The first kappa shape index (κ1) is 21.6. The van der Waals surface area contributed by atoms with Crippen LogP contribution in [0.15, 0.2) is 48.5 Å². The van der Waals surface area contributed by atoms with Crippen molar-refractivity contribution >= 4 is 0 Å². The number of rotatable bonds is 5. The molecule has 3 rings (SSSR count). The third-order valence-electron chi connectivity index (χ3n) is 4.99. The molecule has 0 amide bonds. The second-order valence-corrected chi connectivity index (χ2v) is 7.21. The predicted molar refractivity (Wildman–Crippen MR) is 96.1 cm³/mol. The lowest BCUT2D eigenvalue weighted by Crippen LogP contribution is -2.42. The summed E-state index contributed by atoms with van der Waals surface area (Å²) in [5, 5.41) is 3.26. The van der Waals surface area contributed by atoms with Crippen LogP contribution in [-0.2, 0) is 30.1 Å². The van der Waals surface area contributed by atoms with Gasteiger partial charge < -0.3 is 10.1 Å². The van der Waals surface area contributed by atoms with E-state index >= 15 is 0 Å². The molecule has 0 saturated carbocycles. The Morgan fingerprint density at radius 1 is 0.862 bits per heavy atom. The quantitative estimate of drug-likeness (QED) is 0.653. The maximum Gasteiger partial charge on any atom is 0.416 e. The fourth-order valence-corrected chi connectivity index (χ4v) is 3.54. The van der Waals surface area contributed by atoms with Crippen LogP contribution in [0.4, 0.5) is 26.3 Å². The van der Waals surface area contributed by atoms with Gasteiger partial charge >= 0.3 is 12.4 Å². The summed E-state index contributed by atoms with van der Waals surface area (Å²) in [7, 11) is 0. The molecule has 1 aliphatic rings. The molecule has 158 valence electrons. The van der Waals surface area contributed by atoms with Gasteiger partial charge in [-0.2, -0.15) is 26.3 Å². The van der Waals surface area contributed by atoms with Gasteiger partial charge in [0.1, 0.15) is 0 Å². The lowest BCUT2D eigenvalue weighted by Gasteiger charge is -2.32. The largest absolute Gasteiger partial charge is 0.416 e. The first-order valence-corrected chi connectivity index (χ1v) is 9.27. The van der Waals surface area contributed by atoms with E-state index in [1.54, 1.807) is 0 Å². The molecule has 0 aromatic heterocycles. The number of alkyl halides is 6. The highest BCUT2D eigenvalue weighted by atomic mass is 19.4. The molecule has 29 heavy (non-hydrogen) atoms. The minimum absolute atomic E-state index is 0.0824. The first-order chi connectivity index (χ1) is 13.6. The Bertz CT molecular complexity index is 771. The molecule has 2 atom stereocenters. The standard InChI is InChI=1S/C21H21F6NO/c22-20(23,24)17-9-15(10-18(11-17)21(25,26)27)13-29-19-6-7-28-12-16(19)8-14-4-2-1-3-5-14/h1-5,9-11,16,19,28H,6-8,12-13H2. The predicted octanol–water partition coefficient (Wildman–Crippen LogP) is 5.46. The number of benzene rings is 2. The number of ether oxygens (including phenoxy) is 1. The number of halogens is 6. The molecule has 2 nitrogen and oxygen atoms in total. The number of nitrogens with one attached hydrogen (secondary N) is 1. The molecule has 1 heterocycles. The van der Waals surface area contributed by atoms with Crippen molar-refractivity contribution in [1.29, 1.82) is 0 Å². The summed E-state index contributed by atoms with van der Waals surface area (Å²) in [6, 6.07) is 11.3. The van der Waals surface area contributed by atoms with Crippen molar-refractivity contribution in [2.24, 2.45) is 5.92 Å². The summed E-state index contributed by atoms with van der Waals surface area (Å²) in [5.41, 5.74) is -1.67. The van der Waals surface area contributed by atoms with E-state index in [4.69, 9.17) is 4.74 Å². The van der Waals surface area contributed by atoms with Crippen LogP contribution in [0.1, 0.15) is 28.7 Å². The molecule has 1 N–H and O–H groups in total. The SMILES string of the molecule is FC(F)(F)c1cc(COC2CCNCC2Cc2ccccc2)cc(C(F)(F)F)c1. The summed E-state index contributed by atoms with van der Waals surface area (Å²) in [4.78, 5) is 0. The number of hydrogen-bond acceptors (Lipinski definition) is 2. The zero-order valence-corrected chi connectivity index (χ0v) is 15.5. The van der Waals surface area contributed by atoms with Crippen LogP contribution in [0.25, 0.3) is 0 Å². The molecule has 8 heteroatoms. The molecule has 1 aliphatic heterocycles. The molecular formula is C21H21F6NO.